The normalized spacial score (nSPS) is 11.4. The van der Waals surface area contributed by atoms with Gasteiger partial charge in [0.15, 0.2) is 5.82 Å². The van der Waals surface area contributed by atoms with E-state index in [0.29, 0.717) is 11.0 Å². The Labute approximate surface area is 102 Å². The molecule has 0 amide bonds. The third-order valence-corrected chi connectivity index (χ3v) is 2.61. The van der Waals surface area contributed by atoms with Crippen molar-refractivity contribution in [3.8, 4) is 0 Å². The average Bonchev–Trinajstić information content (AvgIpc) is 2.26. The number of anilines is 1. The highest BCUT2D eigenvalue weighted by atomic mass is 32.2. The molecule has 0 aliphatic rings. The summed E-state index contributed by atoms with van der Waals surface area (Å²) in [7, 11) is -3.43. The molecule has 18 heavy (non-hydrogen) atoms. The van der Waals surface area contributed by atoms with Crippen LogP contribution in [0.4, 0.5) is 11.5 Å². The van der Waals surface area contributed by atoms with Gasteiger partial charge in [0.25, 0.3) is 5.69 Å². The van der Waals surface area contributed by atoms with E-state index in [0.717, 1.165) is 6.26 Å². The number of aromatic nitrogens is 2. The third kappa shape index (κ3) is 2.69. The molecule has 0 bridgehead atoms. The van der Waals surface area contributed by atoms with Gasteiger partial charge in [-0.05, 0) is 6.07 Å². The summed E-state index contributed by atoms with van der Waals surface area (Å²) in [6.07, 6.45) is 2.20. The number of sulfonamides is 1. The van der Waals surface area contributed by atoms with E-state index in [4.69, 9.17) is 0 Å². The van der Waals surface area contributed by atoms with Crippen molar-refractivity contribution in [2.45, 2.75) is 0 Å². The average molecular weight is 268 g/mol. The van der Waals surface area contributed by atoms with Crippen LogP contribution in [0.1, 0.15) is 0 Å². The smallest absolute Gasteiger partial charge is 0.266 e. The number of hydrogen-bond donors (Lipinski definition) is 1. The Morgan fingerprint density at radius 3 is 2.67 bits per heavy atom. The standard InChI is InChI=1S/C9H8N4O4S/c1-18(16,17)12-9-5-10-8-4-6(13(14)15)2-3-7(8)11-9/h2-5H,1H3,(H,11,12). The molecule has 0 aliphatic heterocycles. The highest BCUT2D eigenvalue weighted by Gasteiger charge is 2.09. The van der Waals surface area contributed by atoms with Crippen molar-refractivity contribution in [2.75, 3.05) is 11.0 Å². The molecule has 1 aromatic carbocycles. The van der Waals surface area contributed by atoms with E-state index < -0.39 is 14.9 Å². The highest BCUT2D eigenvalue weighted by molar-refractivity contribution is 7.92. The zero-order valence-corrected chi connectivity index (χ0v) is 10.0. The number of non-ortho nitro benzene ring substituents is 1. The van der Waals surface area contributed by atoms with Gasteiger partial charge in [0.05, 0.1) is 28.4 Å². The number of nitro benzene ring substituents is 1. The van der Waals surface area contributed by atoms with Gasteiger partial charge < -0.3 is 0 Å². The van der Waals surface area contributed by atoms with Gasteiger partial charge >= 0.3 is 0 Å². The Bertz CT molecular complexity index is 728. The van der Waals surface area contributed by atoms with E-state index in [1.54, 1.807) is 0 Å². The number of nitrogens with one attached hydrogen (secondary N) is 1. The predicted molar refractivity (Wildman–Crippen MR) is 64.7 cm³/mol. The van der Waals surface area contributed by atoms with Crippen molar-refractivity contribution < 1.29 is 13.3 Å². The second kappa shape index (κ2) is 4.18. The number of fused-ring (bicyclic) bond motifs is 1. The van der Waals surface area contributed by atoms with Crippen molar-refractivity contribution >= 4 is 32.6 Å². The van der Waals surface area contributed by atoms with E-state index >= 15 is 0 Å². The number of hydrogen-bond acceptors (Lipinski definition) is 6. The first kappa shape index (κ1) is 12.2. The minimum atomic E-state index is -3.43. The van der Waals surface area contributed by atoms with Crippen LogP contribution in [0.2, 0.25) is 0 Å². The van der Waals surface area contributed by atoms with Crippen molar-refractivity contribution in [1.82, 2.24) is 9.97 Å². The molecule has 0 atom stereocenters. The van der Waals surface area contributed by atoms with Crippen LogP contribution in [0.15, 0.2) is 24.4 Å². The first-order chi connectivity index (χ1) is 8.35. The lowest BCUT2D eigenvalue weighted by atomic mass is 10.2. The molecule has 1 N–H and O–H groups in total. The van der Waals surface area contributed by atoms with Crippen LogP contribution in [0.3, 0.4) is 0 Å². The highest BCUT2D eigenvalue weighted by Crippen LogP contribution is 2.19. The maximum absolute atomic E-state index is 11.0. The van der Waals surface area contributed by atoms with Gasteiger partial charge in [-0.2, -0.15) is 0 Å². The molecule has 94 valence electrons. The maximum Gasteiger partial charge on any atom is 0.271 e. The summed E-state index contributed by atoms with van der Waals surface area (Å²) < 4.78 is 24.2. The monoisotopic (exact) mass is 268 g/mol. The van der Waals surface area contributed by atoms with Crippen LogP contribution in [-0.4, -0.2) is 29.6 Å². The Balaban J connectivity index is 2.47. The fraction of sp³-hybridized carbons (Fsp3) is 0.111. The number of nitro groups is 1. The van der Waals surface area contributed by atoms with Crippen molar-refractivity contribution in [1.29, 1.82) is 0 Å². The van der Waals surface area contributed by atoms with Gasteiger partial charge in [-0.15, -0.1) is 0 Å². The summed E-state index contributed by atoms with van der Waals surface area (Å²) >= 11 is 0. The summed E-state index contributed by atoms with van der Waals surface area (Å²) in [5, 5.41) is 10.6. The lowest BCUT2D eigenvalue weighted by molar-refractivity contribution is -0.384. The minimum absolute atomic E-state index is 0.0684. The van der Waals surface area contributed by atoms with Crippen LogP contribution in [0.5, 0.6) is 0 Å². The van der Waals surface area contributed by atoms with Gasteiger partial charge in [-0.3, -0.25) is 19.8 Å². The molecule has 0 unspecified atom stereocenters. The molecule has 1 aromatic heterocycles. The molecule has 0 aliphatic carbocycles. The molecule has 1 heterocycles. The zero-order valence-electron chi connectivity index (χ0n) is 9.19. The fourth-order valence-corrected chi connectivity index (χ4v) is 1.83. The fourth-order valence-electron chi connectivity index (χ4n) is 1.35. The molecule has 0 saturated carbocycles. The van der Waals surface area contributed by atoms with Gasteiger partial charge in [0.2, 0.25) is 10.0 Å². The first-order valence-electron chi connectivity index (χ1n) is 4.74. The second-order valence-corrected chi connectivity index (χ2v) is 5.31. The summed E-state index contributed by atoms with van der Waals surface area (Å²) in [4.78, 5) is 17.9. The third-order valence-electron chi connectivity index (χ3n) is 2.03. The van der Waals surface area contributed by atoms with Crippen molar-refractivity contribution in [3.63, 3.8) is 0 Å². The van der Waals surface area contributed by atoms with Crippen molar-refractivity contribution in [2.24, 2.45) is 0 Å². The van der Waals surface area contributed by atoms with Crippen LogP contribution in [0.25, 0.3) is 11.0 Å². The van der Waals surface area contributed by atoms with Crippen LogP contribution in [-0.2, 0) is 10.0 Å². The van der Waals surface area contributed by atoms with Gasteiger partial charge in [0.1, 0.15) is 0 Å². The molecular formula is C9H8N4O4S. The Morgan fingerprint density at radius 2 is 2.06 bits per heavy atom. The minimum Gasteiger partial charge on any atom is -0.266 e. The Morgan fingerprint density at radius 1 is 1.33 bits per heavy atom. The molecule has 0 spiro atoms. The largest absolute Gasteiger partial charge is 0.271 e. The number of benzene rings is 1. The van der Waals surface area contributed by atoms with Crippen LogP contribution < -0.4 is 4.72 Å². The van der Waals surface area contributed by atoms with E-state index in [1.807, 2.05) is 0 Å². The predicted octanol–water partition coefficient (Wildman–Crippen LogP) is 0.909. The molecule has 0 fully saturated rings. The Kier molecular flexibility index (Phi) is 2.83. The van der Waals surface area contributed by atoms with Gasteiger partial charge in [-0.1, -0.05) is 0 Å². The zero-order chi connectivity index (χ0) is 13.3. The molecule has 2 aromatic rings. The SMILES string of the molecule is CS(=O)(=O)Nc1cnc2cc([N+](=O)[O-])ccc2n1. The van der Waals surface area contributed by atoms with Crippen LogP contribution in [0, 0.1) is 10.1 Å². The van der Waals surface area contributed by atoms with E-state index in [-0.39, 0.29) is 11.5 Å². The maximum atomic E-state index is 11.0. The summed E-state index contributed by atoms with van der Waals surface area (Å²) in [5.41, 5.74) is 0.595. The summed E-state index contributed by atoms with van der Waals surface area (Å²) in [5.74, 6) is 0.0684. The van der Waals surface area contributed by atoms with Crippen molar-refractivity contribution in [3.05, 3.63) is 34.5 Å². The first-order valence-corrected chi connectivity index (χ1v) is 6.63. The second-order valence-electron chi connectivity index (χ2n) is 3.56. The van der Waals surface area contributed by atoms with E-state index in [2.05, 4.69) is 14.7 Å². The molecular weight excluding hydrogens is 260 g/mol. The summed E-state index contributed by atoms with van der Waals surface area (Å²) in [6, 6.07) is 3.96. The van der Waals surface area contributed by atoms with E-state index in [1.165, 1.54) is 24.4 Å². The number of rotatable bonds is 3. The van der Waals surface area contributed by atoms with Gasteiger partial charge in [0, 0.05) is 12.1 Å². The quantitative estimate of drug-likeness (QED) is 0.653. The Hall–Kier alpha value is -2.29. The molecule has 9 heteroatoms. The number of nitrogens with zero attached hydrogens (tertiary/aromatic N) is 3. The molecule has 8 nitrogen and oxygen atoms in total. The summed E-state index contributed by atoms with van der Waals surface area (Å²) in [6.45, 7) is 0. The van der Waals surface area contributed by atoms with Crippen LogP contribution >= 0.6 is 0 Å². The van der Waals surface area contributed by atoms with E-state index in [9.17, 15) is 18.5 Å². The lowest BCUT2D eigenvalue weighted by Gasteiger charge is -2.03. The lowest BCUT2D eigenvalue weighted by Crippen LogP contribution is -2.11. The van der Waals surface area contributed by atoms with Gasteiger partial charge in [-0.25, -0.2) is 13.4 Å². The topological polar surface area (TPSA) is 115 Å². The molecule has 2 rings (SSSR count). The molecule has 0 saturated heterocycles. The molecule has 0 radical (unpaired) electrons.